The Morgan fingerprint density at radius 2 is 1.65 bits per heavy atom. The average Bonchev–Trinajstić information content (AvgIpc) is 2.55. The summed E-state index contributed by atoms with van der Waals surface area (Å²) in [6.07, 6.45) is 0. The van der Waals surface area contributed by atoms with E-state index < -0.39 is 0 Å². The molecule has 1 fully saturated rings. The molecule has 0 radical (unpaired) electrons. The maximum Gasteiger partial charge on any atom is 0.0551 e. The van der Waals surface area contributed by atoms with Crippen LogP contribution in [0.4, 0.5) is 17.1 Å². The number of hydrogen-bond acceptors (Lipinski definition) is 4. The number of hydrogen-bond donors (Lipinski definition) is 2. The summed E-state index contributed by atoms with van der Waals surface area (Å²) in [6.45, 7) is 9.60. The summed E-state index contributed by atoms with van der Waals surface area (Å²) in [5.74, 6) is 0. The predicted octanol–water partition coefficient (Wildman–Crippen LogP) is 2.79. The number of nitrogens with zero attached hydrogens (tertiary/aromatic N) is 2. The normalized spacial score (nSPS) is 15.8. The number of nitrogen functional groups attached to an aromatic ring is 2. The lowest BCUT2D eigenvalue weighted by atomic mass is 10.1. The molecule has 0 spiro atoms. The molecule has 122 valence electrons. The van der Waals surface area contributed by atoms with Gasteiger partial charge in [0, 0.05) is 38.4 Å². The van der Waals surface area contributed by atoms with Gasteiger partial charge in [0.1, 0.15) is 0 Å². The Bertz CT molecular complexity index is 688. The molecule has 0 atom stereocenters. The second kappa shape index (κ2) is 6.50. The largest absolute Gasteiger partial charge is 0.397 e. The van der Waals surface area contributed by atoms with E-state index in [0.717, 1.165) is 32.7 Å². The van der Waals surface area contributed by atoms with E-state index in [0.29, 0.717) is 11.4 Å². The fraction of sp³-hybridized carbons (Fsp3) is 0.368. The first-order valence-corrected chi connectivity index (χ1v) is 8.22. The fourth-order valence-corrected chi connectivity index (χ4v) is 3.21. The smallest absolute Gasteiger partial charge is 0.0551 e. The van der Waals surface area contributed by atoms with Crippen LogP contribution in [0.1, 0.15) is 16.7 Å². The summed E-state index contributed by atoms with van der Waals surface area (Å²) >= 11 is 0. The van der Waals surface area contributed by atoms with E-state index in [4.69, 9.17) is 11.5 Å². The lowest BCUT2D eigenvalue weighted by Gasteiger charge is -2.37. The van der Waals surface area contributed by atoms with E-state index in [-0.39, 0.29) is 0 Å². The van der Waals surface area contributed by atoms with Crippen molar-refractivity contribution in [3.8, 4) is 0 Å². The topological polar surface area (TPSA) is 58.5 Å². The third kappa shape index (κ3) is 3.42. The zero-order chi connectivity index (χ0) is 16.4. The molecule has 23 heavy (non-hydrogen) atoms. The SMILES string of the molecule is Cc1cccc(N2CCN(Cc3ccc(N)c(N)c3)CC2)c1C. The van der Waals surface area contributed by atoms with Crippen molar-refractivity contribution in [2.45, 2.75) is 20.4 Å². The predicted molar refractivity (Wildman–Crippen MR) is 98.7 cm³/mol. The van der Waals surface area contributed by atoms with Crippen molar-refractivity contribution in [2.24, 2.45) is 0 Å². The number of benzene rings is 2. The molecule has 2 aromatic rings. The van der Waals surface area contributed by atoms with Crippen LogP contribution in [-0.2, 0) is 6.54 Å². The minimum Gasteiger partial charge on any atom is -0.397 e. The van der Waals surface area contributed by atoms with Gasteiger partial charge in [-0.2, -0.15) is 0 Å². The summed E-state index contributed by atoms with van der Waals surface area (Å²) in [5.41, 5.74) is 18.4. The molecule has 0 aromatic heterocycles. The Balaban J connectivity index is 1.62. The van der Waals surface area contributed by atoms with Gasteiger partial charge in [0.25, 0.3) is 0 Å². The monoisotopic (exact) mass is 310 g/mol. The lowest BCUT2D eigenvalue weighted by Crippen LogP contribution is -2.46. The van der Waals surface area contributed by atoms with Crippen molar-refractivity contribution >= 4 is 17.1 Å². The van der Waals surface area contributed by atoms with E-state index in [9.17, 15) is 0 Å². The Morgan fingerprint density at radius 1 is 0.913 bits per heavy atom. The standard InChI is InChI=1S/C19H26N4/c1-14-4-3-5-19(15(14)2)23-10-8-22(9-11-23)13-16-6-7-17(20)18(21)12-16/h3-7,12H,8-11,13,20-21H2,1-2H3. The van der Waals surface area contributed by atoms with Crippen molar-refractivity contribution in [1.29, 1.82) is 0 Å². The first-order valence-electron chi connectivity index (χ1n) is 8.22. The molecule has 1 aliphatic rings. The second-order valence-electron chi connectivity index (χ2n) is 6.45. The quantitative estimate of drug-likeness (QED) is 0.856. The highest BCUT2D eigenvalue weighted by molar-refractivity contribution is 5.63. The molecule has 1 heterocycles. The maximum atomic E-state index is 5.90. The highest BCUT2D eigenvalue weighted by Gasteiger charge is 2.19. The molecular formula is C19H26N4. The minimum atomic E-state index is 0.661. The van der Waals surface area contributed by atoms with E-state index >= 15 is 0 Å². The zero-order valence-electron chi connectivity index (χ0n) is 14.0. The van der Waals surface area contributed by atoms with Gasteiger partial charge in [0.15, 0.2) is 0 Å². The summed E-state index contributed by atoms with van der Waals surface area (Å²) < 4.78 is 0. The molecule has 0 unspecified atom stereocenters. The van der Waals surface area contributed by atoms with Crippen LogP contribution in [0.3, 0.4) is 0 Å². The van der Waals surface area contributed by atoms with Gasteiger partial charge in [-0.3, -0.25) is 4.90 Å². The van der Waals surface area contributed by atoms with Gasteiger partial charge < -0.3 is 16.4 Å². The third-order valence-corrected chi connectivity index (χ3v) is 4.85. The van der Waals surface area contributed by atoms with Crippen LogP contribution >= 0.6 is 0 Å². The van der Waals surface area contributed by atoms with Crippen LogP contribution in [0.15, 0.2) is 36.4 Å². The second-order valence-corrected chi connectivity index (χ2v) is 6.45. The molecule has 4 heteroatoms. The molecule has 1 aliphatic heterocycles. The molecule has 4 nitrogen and oxygen atoms in total. The minimum absolute atomic E-state index is 0.661. The highest BCUT2D eigenvalue weighted by atomic mass is 15.3. The molecule has 1 saturated heterocycles. The number of piperazine rings is 1. The van der Waals surface area contributed by atoms with Gasteiger partial charge in [0.2, 0.25) is 0 Å². The Hall–Kier alpha value is -2.20. The average molecular weight is 310 g/mol. The van der Waals surface area contributed by atoms with Crippen molar-refractivity contribution in [2.75, 3.05) is 42.5 Å². The molecule has 0 aliphatic carbocycles. The Labute approximate surface area is 138 Å². The van der Waals surface area contributed by atoms with Crippen molar-refractivity contribution in [1.82, 2.24) is 4.90 Å². The van der Waals surface area contributed by atoms with E-state index in [1.165, 1.54) is 22.4 Å². The first kappa shape index (κ1) is 15.7. The van der Waals surface area contributed by atoms with Crippen LogP contribution in [-0.4, -0.2) is 31.1 Å². The van der Waals surface area contributed by atoms with Crippen LogP contribution < -0.4 is 16.4 Å². The summed E-state index contributed by atoms with van der Waals surface area (Å²) in [4.78, 5) is 4.97. The van der Waals surface area contributed by atoms with Crippen LogP contribution in [0, 0.1) is 13.8 Å². The summed E-state index contributed by atoms with van der Waals surface area (Å²) in [5, 5.41) is 0. The third-order valence-electron chi connectivity index (χ3n) is 4.85. The van der Waals surface area contributed by atoms with E-state index in [1.807, 2.05) is 12.1 Å². The molecule has 0 amide bonds. The number of nitrogens with two attached hydrogens (primary N) is 2. The van der Waals surface area contributed by atoms with Gasteiger partial charge in [-0.15, -0.1) is 0 Å². The molecule has 0 saturated carbocycles. The number of rotatable bonds is 3. The van der Waals surface area contributed by atoms with Crippen LogP contribution in [0.5, 0.6) is 0 Å². The summed E-state index contributed by atoms with van der Waals surface area (Å²) in [7, 11) is 0. The van der Waals surface area contributed by atoms with Crippen molar-refractivity contribution in [3.63, 3.8) is 0 Å². The number of aryl methyl sites for hydroxylation is 1. The van der Waals surface area contributed by atoms with Gasteiger partial charge in [-0.1, -0.05) is 18.2 Å². The van der Waals surface area contributed by atoms with Gasteiger partial charge in [0.05, 0.1) is 11.4 Å². The molecule has 3 rings (SSSR count). The van der Waals surface area contributed by atoms with Crippen LogP contribution in [0.2, 0.25) is 0 Å². The van der Waals surface area contributed by atoms with Gasteiger partial charge >= 0.3 is 0 Å². The Kier molecular flexibility index (Phi) is 4.44. The first-order chi connectivity index (χ1) is 11.0. The van der Waals surface area contributed by atoms with Crippen molar-refractivity contribution < 1.29 is 0 Å². The maximum absolute atomic E-state index is 5.90. The van der Waals surface area contributed by atoms with Gasteiger partial charge in [-0.05, 0) is 48.7 Å². The van der Waals surface area contributed by atoms with Crippen LogP contribution in [0.25, 0.3) is 0 Å². The van der Waals surface area contributed by atoms with Gasteiger partial charge in [-0.25, -0.2) is 0 Å². The zero-order valence-corrected chi connectivity index (χ0v) is 14.0. The Morgan fingerprint density at radius 3 is 2.35 bits per heavy atom. The number of anilines is 3. The molecular weight excluding hydrogens is 284 g/mol. The van der Waals surface area contributed by atoms with E-state index in [1.54, 1.807) is 0 Å². The summed E-state index contributed by atoms with van der Waals surface area (Å²) in [6, 6.07) is 12.5. The highest BCUT2D eigenvalue weighted by Crippen LogP contribution is 2.24. The fourth-order valence-electron chi connectivity index (χ4n) is 3.21. The molecule has 2 aromatic carbocycles. The van der Waals surface area contributed by atoms with Crippen molar-refractivity contribution in [3.05, 3.63) is 53.1 Å². The molecule has 4 N–H and O–H groups in total. The lowest BCUT2D eigenvalue weighted by molar-refractivity contribution is 0.250. The van der Waals surface area contributed by atoms with E-state index in [2.05, 4.69) is 47.9 Å². The molecule has 0 bridgehead atoms.